The zero-order valence-corrected chi connectivity index (χ0v) is 27.4. The molecule has 0 bridgehead atoms. The van der Waals surface area contributed by atoms with Gasteiger partial charge in [0.15, 0.2) is 5.82 Å². The first-order chi connectivity index (χ1) is 24.0. The van der Waals surface area contributed by atoms with Gasteiger partial charge in [-0.1, -0.05) is 129 Å². The predicted octanol–water partition coefficient (Wildman–Crippen LogP) is 11.7. The van der Waals surface area contributed by atoms with E-state index in [-0.39, 0.29) is 5.41 Å². The largest absolute Gasteiger partial charge is 0.265 e. The van der Waals surface area contributed by atoms with Gasteiger partial charge in [0.25, 0.3) is 0 Å². The average Bonchev–Trinajstić information content (AvgIpc) is 3.39. The predicted molar refractivity (Wildman–Crippen MR) is 202 cm³/mol. The Labute approximate surface area is 286 Å². The minimum Gasteiger partial charge on any atom is -0.265 e. The zero-order valence-electron chi connectivity index (χ0n) is 27.4. The number of hydrogen-bond donors (Lipinski definition) is 0. The van der Waals surface area contributed by atoms with Crippen molar-refractivity contribution in [3.05, 3.63) is 175 Å². The Bertz CT molecular complexity index is 2520. The quantitative estimate of drug-likeness (QED) is 0.191. The molecule has 49 heavy (non-hydrogen) atoms. The highest BCUT2D eigenvalue weighted by Gasteiger charge is 2.37. The first-order valence-electron chi connectivity index (χ1n) is 16.8. The highest BCUT2D eigenvalue weighted by molar-refractivity contribution is 5.99. The van der Waals surface area contributed by atoms with E-state index in [0.717, 1.165) is 39.2 Å². The van der Waals surface area contributed by atoms with Gasteiger partial charge < -0.3 is 0 Å². The summed E-state index contributed by atoms with van der Waals surface area (Å²) in [6.45, 7) is 4.70. The van der Waals surface area contributed by atoms with Crippen molar-refractivity contribution < 1.29 is 0 Å². The topological polar surface area (TPSA) is 38.7 Å². The third-order valence-corrected chi connectivity index (χ3v) is 9.99. The van der Waals surface area contributed by atoms with Crippen LogP contribution >= 0.6 is 0 Å². The van der Waals surface area contributed by atoms with Gasteiger partial charge in [-0.25, -0.2) is 9.97 Å². The number of fused-ring (bicyclic) bond motifs is 4. The molecule has 0 amide bonds. The second-order valence-corrected chi connectivity index (χ2v) is 13.3. The van der Waals surface area contributed by atoms with Gasteiger partial charge in [0.2, 0.25) is 0 Å². The third kappa shape index (κ3) is 4.94. The van der Waals surface area contributed by atoms with Crippen LogP contribution in [-0.2, 0) is 5.41 Å². The molecule has 0 saturated heterocycles. The van der Waals surface area contributed by atoms with E-state index in [9.17, 15) is 0 Å². The van der Waals surface area contributed by atoms with E-state index in [0.29, 0.717) is 5.82 Å². The van der Waals surface area contributed by atoms with Crippen molar-refractivity contribution >= 4 is 10.8 Å². The monoisotopic (exact) mass is 627 g/mol. The lowest BCUT2D eigenvalue weighted by molar-refractivity contribution is 0.661. The van der Waals surface area contributed by atoms with E-state index < -0.39 is 0 Å². The molecule has 0 N–H and O–H groups in total. The standard InChI is InChI=1S/C46H33N3/c1-46(2)40-21-11-20-37(44(40)39-27-32-14-6-7-15-33(32)28-41(39)46)34-16-10-17-35(26-34)42-29-43(49-45(48-42)31-12-4-3-5-13-31)38-19-9-8-18-36(38)30-22-24-47-25-23-30/h3-29H,1-2H3. The maximum atomic E-state index is 5.18. The van der Waals surface area contributed by atoms with Crippen LogP contribution in [0, 0.1) is 0 Å². The van der Waals surface area contributed by atoms with Gasteiger partial charge in [-0.05, 0) is 91.7 Å². The maximum absolute atomic E-state index is 5.18. The molecule has 2 heterocycles. The number of benzene rings is 6. The molecule has 3 heteroatoms. The molecule has 6 aromatic carbocycles. The molecular weight excluding hydrogens is 595 g/mol. The van der Waals surface area contributed by atoms with Gasteiger partial charge >= 0.3 is 0 Å². The van der Waals surface area contributed by atoms with Crippen LogP contribution in [0.5, 0.6) is 0 Å². The van der Waals surface area contributed by atoms with Crippen molar-refractivity contribution in [2.45, 2.75) is 19.3 Å². The number of rotatable bonds is 5. The minimum atomic E-state index is -0.101. The van der Waals surface area contributed by atoms with Crippen LogP contribution in [0.15, 0.2) is 164 Å². The van der Waals surface area contributed by atoms with Crippen molar-refractivity contribution in [2.75, 3.05) is 0 Å². The molecule has 1 aliphatic rings. The summed E-state index contributed by atoms with van der Waals surface area (Å²) in [7, 11) is 0. The molecule has 3 nitrogen and oxygen atoms in total. The summed E-state index contributed by atoms with van der Waals surface area (Å²) < 4.78 is 0. The molecule has 0 atom stereocenters. The molecular formula is C46H33N3. The number of hydrogen-bond acceptors (Lipinski definition) is 3. The Morgan fingerprint density at radius 1 is 0.408 bits per heavy atom. The van der Waals surface area contributed by atoms with Crippen LogP contribution in [0.4, 0.5) is 0 Å². The number of pyridine rings is 1. The Morgan fingerprint density at radius 2 is 1.04 bits per heavy atom. The highest BCUT2D eigenvalue weighted by atomic mass is 14.9. The van der Waals surface area contributed by atoms with Crippen LogP contribution in [0.3, 0.4) is 0 Å². The smallest absolute Gasteiger partial charge is 0.160 e. The summed E-state index contributed by atoms with van der Waals surface area (Å²) in [5, 5.41) is 2.55. The average molecular weight is 628 g/mol. The normalized spacial score (nSPS) is 12.9. The third-order valence-electron chi connectivity index (χ3n) is 9.99. The number of nitrogens with zero attached hydrogens (tertiary/aromatic N) is 3. The van der Waals surface area contributed by atoms with Crippen molar-refractivity contribution in [3.63, 3.8) is 0 Å². The fourth-order valence-corrected chi connectivity index (χ4v) is 7.50. The Hall–Kier alpha value is -6.19. The molecule has 232 valence electrons. The summed E-state index contributed by atoms with van der Waals surface area (Å²) in [5.74, 6) is 0.700. The summed E-state index contributed by atoms with van der Waals surface area (Å²) >= 11 is 0. The van der Waals surface area contributed by atoms with E-state index in [2.05, 4.69) is 140 Å². The minimum absolute atomic E-state index is 0.101. The molecule has 2 aromatic heterocycles. The SMILES string of the molecule is CC1(C)c2cc3ccccc3cc2-c2c(-c3cccc(-c4cc(-c5ccccc5-c5ccncc5)nc(-c5ccccc5)n4)c3)cccc21. The van der Waals surface area contributed by atoms with E-state index in [4.69, 9.17) is 9.97 Å². The van der Waals surface area contributed by atoms with Crippen LogP contribution in [-0.4, -0.2) is 15.0 Å². The summed E-state index contributed by atoms with van der Waals surface area (Å²) in [6.07, 6.45) is 3.67. The van der Waals surface area contributed by atoms with Crippen molar-refractivity contribution in [1.82, 2.24) is 15.0 Å². The molecule has 1 aliphatic carbocycles. The van der Waals surface area contributed by atoms with Crippen molar-refractivity contribution in [2.24, 2.45) is 0 Å². The fourth-order valence-electron chi connectivity index (χ4n) is 7.50. The van der Waals surface area contributed by atoms with Crippen molar-refractivity contribution in [3.8, 4) is 67.3 Å². The maximum Gasteiger partial charge on any atom is 0.160 e. The second-order valence-electron chi connectivity index (χ2n) is 13.3. The van der Waals surface area contributed by atoms with E-state index in [1.54, 1.807) is 0 Å². The molecule has 0 saturated carbocycles. The Balaban J connectivity index is 1.22. The summed E-state index contributed by atoms with van der Waals surface area (Å²) in [6, 6.07) is 54.0. The van der Waals surface area contributed by atoms with Crippen LogP contribution in [0.2, 0.25) is 0 Å². The van der Waals surface area contributed by atoms with Gasteiger partial charge in [-0.3, -0.25) is 4.98 Å². The number of aromatic nitrogens is 3. The second kappa shape index (κ2) is 11.5. The molecule has 0 aliphatic heterocycles. The molecule has 8 aromatic rings. The lowest BCUT2D eigenvalue weighted by Gasteiger charge is -2.22. The first-order valence-corrected chi connectivity index (χ1v) is 16.8. The van der Waals surface area contributed by atoms with E-state index in [1.807, 2.05) is 42.7 Å². The van der Waals surface area contributed by atoms with Gasteiger partial charge in [0.05, 0.1) is 11.4 Å². The Kier molecular flexibility index (Phi) is 6.80. The van der Waals surface area contributed by atoms with Gasteiger partial charge in [0, 0.05) is 34.5 Å². The van der Waals surface area contributed by atoms with Crippen molar-refractivity contribution in [1.29, 1.82) is 0 Å². The fraction of sp³-hybridized carbons (Fsp3) is 0.0652. The van der Waals surface area contributed by atoms with Crippen LogP contribution in [0.1, 0.15) is 25.0 Å². The Morgan fingerprint density at radius 3 is 1.86 bits per heavy atom. The lowest BCUT2D eigenvalue weighted by atomic mass is 9.81. The molecule has 0 spiro atoms. The van der Waals surface area contributed by atoms with E-state index >= 15 is 0 Å². The first kappa shape index (κ1) is 29.0. The zero-order chi connectivity index (χ0) is 33.0. The van der Waals surface area contributed by atoms with Gasteiger partial charge in [-0.2, -0.15) is 0 Å². The van der Waals surface area contributed by atoms with Crippen LogP contribution < -0.4 is 0 Å². The lowest BCUT2D eigenvalue weighted by Crippen LogP contribution is -2.14. The molecule has 9 rings (SSSR count). The van der Waals surface area contributed by atoms with Gasteiger partial charge in [-0.15, -0.1) is 0 Å². The molecule has 0 radical (unpaired) electrons. The summed E-state index contributed by atoms with van der Waals surface area (Å²) in [4.78, 5) is 14.6. The highest BCUT2D eigenvalue weighted by Crippen LogP contribution is 2.53. The molecule has 0 fully saturated rings. The molecule has 0 unspecified atom stereocenters. The van der Waals surface area contributed by atoms with E-state index in [1.165, 1.54) is 44.2 Å². The van der Waals surface area contributed by atoms with Gasteiger partial charge in [0.1, 0.15) is 0 Å². The summed E-state index contributed by atoms with van der Waals surface area (Å²) in [5.41, 5.74) is 14.8. The van der Waals surface area contributed by atoms with Crippen LogP contribution in [0.25, 0.3) is 78.1 Å².